The van der Waals surface area contributed by atoms with Gasteiger partial charge in [0.05, 0.1) is 12.3 Å². The van der Waals surface area contributed by atoms with Crippen LogP contribution < -0.4 is 5.43 Å². The van der Waals surface area contributed by atoms with Gasteiger partial charge in [0.15, 0.2) is 5.17 Å². The minimum absolute atomic E-state index is 0.651. The Bertz CT molecular complexity index is 505. The Morgan fingerprint density at radius 1 is 1.50 bits per heavy atom. The molecule has 0 atom stereocenters. The molecule has 3 nitrogen and oxygen atoms in total. The molecule has 1 aliphatic rings. The van der Waals surface area contributed by atoms with Crippen molar-refractivity contribution >= 4 is 38.6 Å². The lowest BCUT2D eigenvalue weighted by Crippen LogP contribution is -2.25. The number of nitrogens with one attached hydrogen (secondary N) is 1. The second kappa shape index (κ2) is 6.20. The predicted molar refractivity (Wildman–Crippen MR) is 83.4 cm³/mol. The Morgan fingerprint density at radius 2 is 2.22 bits per heavy atom. The third-order valence-corrected chi connectivity index (χ3v) is 3.74. The first-order valence-electron chi connectivity index (χ1n) is 5.55. The van der Waals surface area contributed by atoms with Crippen LogP contribution in [0.4, 0.5) is 0 Å². The topological polar surface area (TPSA) is 36.8 Å². The van der Waals surface area contributed by atoms with Crippen molar-refractivity contribution in [2.45, 2.75) is 6.92 Å². The van der Waals surface area contributed by atoms with E-state index in [2.05, 4.69) is 50.2 Å². The van der Waals surface area contributed by atoms with Crippen LogP contribution in [0.3, 0.4) is 0 Å². The molecule has 1 aromatic carbocycles. The number of halogens is 1. The van der Waals surface area contributed by atoms with Crippen molar-refractivity contribution in [1.29, 1.82) is 0 Å². The number of hydrogen-bond donors (Lipinski definition) is 1. The van der Waals surface area contributed by atoms with E-state index in [9.17, 15) is 0 Å². The maximum Gasteiger partial charge on any atom is 0.177 e. The largest absolute Gasteiger partial charge is 0.257 e. The number of hydrazone groups is 1. The quantitative estimate of drug-likeness (QED) is 0.865. The van der Waals surface area contributed by atoms with Gasteiger partial charge in [0.2, 0.25) is 0 Å². The summed E-state index contributed by atoms with van der Waals surface area (Å²) in [5, 5.41) is 5.22. The van der Waals surface area contributed by atoms with Crippen LogP contribution in [0.25, 0.3) is 0 Å². The molecule has 94 valence electrons. The van der Waals surface area contributed by atoms with Gasteiger partial charge in [-0.1, -0.05) is 52.0 Å². The van der Waals surface area contributed by atoms with Gasteiger partial charge in [-0.2, -0.15) is 5.10 Å². The lowest BCUT2D eigenvalue weighted by molar-refractivity contribution is 1.01. The summed E-state index contributed by atoms with van der Waals surface area (Å²) in [4.78, 5) is 4.38. The van der Waals surface area contributed by atoms with Crippen molar-refractivity contribution in [1.82, 2.24) is 5.43 Å². The summed E-state index contributed by atoms with van der Waals surface area (Å²) in [6, 6.07) is 8.16. The first kappa shape index (κ1) is 13.4. The first-order valence-corrected chi connectivity index (χ1v) is 7.33. The highest BCUT2D eigenvalue weighted by molar-refractivity contribution is 9.10. The number of hydrogen-bond acceptors (Lipinski definition) is 3. The van der Waals surface area contributed by atoms with Gasteiger partial charge in [0, 0.05) is 10.2 Å². The molecule has 0 aromatic heterocycles. The lowest BCUT2D eigenvalue weighted by atomic mass is 10.1. The van der Waals surface area contributed by atoms with Gasteiger partial charge in [-0.05, 0) is 24.6 Å². The summed E-state index contributed by atoms with van der Waals surface area (Å²) < 4.78 is 1.08. The zero-order valence-corrected chi connectivity index (χ0v) is 12.5. The van der Waals surface area contributed by atoms with Crippen molar-refractivity contribution in [3.63, 3.8) is 0 Å². The number of benzene rings is 1. The molecule has 0 fully saturated rings. The van der Waals surface area contributed by atoms with Crippen LogP contribution in [0.5, 0.6) is 0 Å². The van der Waals surface area contributed by atoms with E-state index in [1.54, 1.807) is 11.8 Å². The Hall–Kier alpha value is -1.07. The molecule has 0 aliphatic carbocycles. The van der Waals surface area contributed by atoms with Crippen LogP contribution in [0.15, 0.2) is 51.0 Å². The molecule has 18 heavy (non-hydrogen) atoms. The van der Waals surface area contributed by atoms with Crippen LogP contribution in [0, 0.1) is 0 Å². The summed E-state index contributed by atoms with van der Waals surface area (Å²) in [5.74, 6) is 0.837. The third kappa shape index (κ3) is 3.71. The molecule has 5 heteroatoms. The molecule has 0 spiro atoms. The molecule has 0 radical (unpaired) electrons. The zero-order valence-electron chi connectivity index (χ0n) is 10.1. The molecular weight excluding hydrogens is 310 g/mol. The van der Waals surface area contributed by atoms with Gasteiger partial charge in [-0.25, -0.2) is 0 Å². The van der Waals surface area contributed by atoms with Gasteiger partial charge in [0.25, 0.3) is 0 Å². The van der Waals surface area contributed by atoms with E-state index in [0.717, 1.165) is 32.2 Å². The van der Waals surface area contributed by atoms with E-state index in [1.807, 2.05) is 19.1 Å². The highest BCUT2D eigenvalue weighted by Crippen LogP contribution is 2.16. The number of rotatable bonds is 3. The maximum absolute atomic E-state index is 4.38. The van der Waals surface area contributed by atoms with E-state index >= 15 is 0 Å². The van der Waals surface area contributed by atoms with Gasteiger partial charge in [0.1, 0.15) is 0 Å². The normalized spacial score (nSPS) is 17.2. The molecule has 1 heterocycles. The Morgan fingerprint density at radius 3 is 2.78 bits per heavy atom. The summed E-state index contributed by atoms with van der Waals surface area (Å²) in [7, 11) is 0. The average Bonchev–Trinajstić information content (AvgIpc) is 2.38. The van der Waals surface area contributed by atoms with Crippen molar-refractivity contribution in [2.75, 3.05) is 12.3 Å². The standard InChI is InChI=1S/C13H14BrN3S/c1-9(2)7-15-13-17-16-12(8-18-13)10-3-5-11(14)6-4-10/h3-6H,1,7-8H2,2H3,(H,15,17). The Balaban J connectivity index is 2.04. The second-order valence-electron chi connectivity index (χ2n) is 4.04. The fraction of sp³-hybridized carbons (Fsp3) is 0.231. The number of amidine groups is 1. The molecule has 1 aromatic rings. The number of aliphatic imine (C=N–C) groups is 1. The molecule has 1 aliphatic heterocycles. The van der Waals surface area contributed by atoms with Crippen molar-refractivity contribution in [3.8, 4) is 0 Å². The van der Waals surface area contributed by atoms with Crippen LogP contribution >= 0.6 is 27.7 Å². The minimum Gasteiger partial charge on any atom is -0.257 e. The second-order valence-corrected chi connectivity index (χ2v) is 5.92. The van der Waals surface area contributed by atoms with E-state index in [4.69, 9.17) is 0 Å². The summed E-state index contributed by atoms with van der Waals surface area (Å²) in [6.45, 7) is 6.44. The van der Waals surface area contributed by atoms with E-state index in [-0.39, 0.29) is 0 Å². The van der Waals surface area contributed by atoms with Crippen LogP contribution in [-0.4, -0.2) is 23.2 Å². The summed E-state index contributed by atoms with van der Waals surface area (Å²) in [6.07, 6.45) is 0. The molecule has 0 bridgehead atoms. The third-order valence-electron chi connectivity index (χ3n) is 2.30. The highest BCUT2D eigenvalue weighted by atomic mass is 79.9. The highest BCUT2D eigenvalue weighted by Gasteiger charge is 2.12. The first-order chi connectivity index (χ1) is 8.65. The van der Waals surface area contributed by atoms with Crippen LogP contribution in [-0.2, 0) is 0 Å². The molecule has 0 amide bonds. The Labute approximate surface area is 120 Å². The van der Waals surface area contributed by atoms with Gasteiger partial charge >= 0.3 is 0 Å². The summed E-state index contributed by atoms with van der Waals surface area (Å²) in [5.41, 5.74) is 6.21. The van der Waals surface area contributed by atoms with Gasteiger partial charge in [-0.3, -0.25) is 10.4 Å². The van der Waals surface area contributed by atoms with E-state index in [1.165, 1.54) is 0 Å². The zero-order chi connectivity index (χ0) is 13.0. The van der Waals surface area contributed by atoms with Crippen molar-refractivity contribution in [3.05, 3.63) is 46.5 Å². The monoisotopic (exact) mass is 323 g/mol. The molecule has 0 saturated heterocycles. The maximum atomic E-state index is 4.38. The Kier molecular flexibility index (Phi) is 4.60. The smallest absolute Gasteiger partial charge is 0.177 e. The number of nitrogens with zero attached hydrogens (tertiary/aromatic N) is 2. The fourth-order valence-electron chi connectivity index (χ4n) is 1.39. The van der Waals surface area contributed by atoms with E-state index in [0.29, 0.717) is 6.54 Å². The molecule has 1 N–H and O–H groups in total. The lowest BCUT2D eigenvalue weighted by Gasteiger charge is -2.14. The SMILES string of the molecule is C=C(C)CN=C1NN=C(c2ccc(Br)cc2)CS1. The summed E-state index contributed by atoms with van der Waals surface area (Å²) >= 11 is 5.09. The van der Waals surface area contributed by atoms with Gasteiger partial charge < -0.3 is 0 Å². The predicted octanol–water partition coefficient (Wildman–Crippen LogP) is 3.42. The van der Waals surface area contributed by atoms with Crippen molar-refractivity contribution < 1.29 is 0 Å². The fourth-order valence-corrected chi connectivity index (χ4v) is 2.43. The number of thioether (sulfide) groups is 1. The minimum atomic E-state index is 0.651. The van der Waals surface area contributed by atoms with E-state index < -0.39 is 0 Å². The van der Waals surface area contributed by atoms with Crippen molar-refractivity contribution in [2.24, 2.45) is 10.1 Å². The molecule has 2 rings (SSSR count). The molecule has 0 saturated carbocycles. The van der Waals surface area contributed by atoms with Crippen LogP contribution in [0.2, 0.25) is 0 Å². The average molecular weight is 324 g/mol. The van der Waals surface area contributed by atoms with Crippen LogP contribution in [0.1, 0.15) is 12.5 Å². The molecular formula is C13H14BrN3S. The van der Waals surface area contributed by atoms with Gasteiger partial charge in [-0.15, -0.1) is 0 Å². The molecule has 0 unspecified atom stereocenters.